The minimum Gasteiger partial charge on any atom is -0.396 e. The van der Waals surface area contributed by atoms with E-state index in [-0.39, 0.29) is 12.5 Å². The molecular weight excluding hydrogens is 238 g/mol. The quantitative estimate of drug-likeness (QED) is 0.670. The summed E-state index contributed by atoms with van der Waals surface area (Å²) in [6, 6.07) is 7.65. The van der Waals surface area contributed by atoms with Crippen molar-refractivity contribution in [3.05, 3.63) is 29.8 Å². The fraction of sp³-hybridized carbons (Fsp3) is 0.562. The van der Waals surface area contributed by atoms with Crippen LogP contribution in [-0.4, -0.2) is 17.6 Å². The summed E-state index contributed by atoms with van der Waals surface area (Å²) < 4.78 is 0. The number of benzene rings is 1. The van der Waals surface area contributed by atoms with Gasteiger partial charge in [0, 0.05) is 18.7 Å². The van der Waals surface area contributed by atoms with Crippen LogP contribution in [0.3, 0.4) is 0 Å². The third-order valence-corrected chi connectivity index (χ3v) is 3.15. The van der Waals surface area contributed by atoms with E-state index in [9.17, 15) is 4.79 Å². The molecule has 1 aromatic rings. The molecule has 3 heteroatoms. The summed E-state index contributed by atoms with van der Waals surface area (Å²) in [5.41, 5.74) is 1.92. The molecule has 1 rings (SSSR count). The second-order valence-electron chi connectivity index (χ2n) is 4.88. The third kappa shape index (κ3) is 6.97. The molecule has 2 N–H and O–H groups in total. The van der Waals surface area contributed by atoms with Crippen LogP contribution in [0.5, 0.6) is 0 Å². The van der Waals surface area contributed by atoms with E-state index in [0.717, 1.165) is 24.1 Å². The van der Waals surface area contributed by atoms with Gasteiger partial charge >= 0.3 is 0 Å². The highest BCUT2D eigenvalue weighted by Gasteiger charge is 2.02. The summed E-state index contributed by atoms with van der Waals surface area (Å²) in [5, 5.41) is 11.7. The van der Waals surface area contributed by atoms with Gasteiger partial charge in [0.1, 0.15) is 0 Å². The number of amides is 1. The summed E-state index contributed by atoms with van der Waals surface area (Å²) >= 11 is 0. The van der Waals surface area contributed by atoms with E-state index in [1.165, 1.54) is 19.3 Å². The topological polar surface area (TPSA) is 49.3 Å². The Morgan fingerprint density at radius 3 is 2.42 bits per heavy atom. The fourth-order valence-corrected chi connectivity index (χ4v) is 2.00. The number of aliphatic hydroxyl groups excluding tert-OH is 1. The van der Waals surface area contributed by atoms with Crippen LogP contribution in [0.4, 0.5) is 5.69 Å². The van der Waals surface area contributed by atoms with Crippen LogP contribution in [0.25, 0.3) is 0 Å². The van der Waals surface area contributed by atoms with Crippen molar-refractivity contribution < 1.29 is 9.90 Å². The maximum atomic E-state index is 11.7. The minimum absolute atomic E-state index is 0.0893. The molecular formula is C16H25NO2. The largest absolute Gasteiger partial charge is 0.396 e. The second-order valence-corrected chi connectivity index (χ2v) is 4.88. The first kappa shape index (κ1) is 15.7. The lowest BCUT2D eigenvalue weighted by Crippen LogP contribution is -2.11. The standard InChI is InChI=1S/C16H25NO2/c1-2-3-4-5-6-7-16(19)17-15-10-8-14(9-11-15)12-13-18/h8-11,18H,2-7,12-13H2,1H3,(H,17,19). The van der Waals surface area contributed by atoms with Gasteiger partial charge in [-0.1, -0.05) is 44.7 Å². The normalized spacial score (nSPS) is 10.4. The van der Waals surface area contributed by atoms with E-state index in [1.807, 2.05) is 24.3 Å². The van der Waals surface area contributed by atoms with Gasteiger partial charge in [-0.2, -0.15) is 0 Å². The third-order valence-electron chi connectivity index (χ3n) is 3.15. The van der Waals surface area contributed by atoms with Crippen molar-refractivity contribution in [2.75, 3.05) is 11.9 Å². The molecule has 0 bridgehead atoms. The zero-order valence-corrected chi connectivity index (χ0v) is 11.8. The van der Waals surface area contributed by atoms with Crippen LogP contribution in [0.15, 0.2) is 24.3 Å². The van der Waals surface area contributed by atoms with Crippen molar-refractivity contribution in [3.8, 4) is 0 Å². The number of rotatable bonds is 9. The minimum atomic E-state index is 0.0893. The molecule has 1 aromatic carbocycles. The van der Waals surface area contributed by atoms with E-state index in [2.05, 4.69) is 12.2 Å². The van der Waals surface area contributed by atoms with Gasteiger partial charge in [-0.3, -0.25) is 4.79 Å². The van der Waals surface area contributed by atoms with Gasteiger partial charge in [0.15, 0.2) is 0 Å². The Kier molecular flexibility index (Phi) is 7.91. The Morgan fingerprint density at radius 1 is 1.11 bits per heavy atom. The Labute approximate surface area is 116 Å². The van der Waals surface area contributed by atoms with E-state index < -0.39 is 0 Å². The molecule has 0 saturated carbocycles. The molecule has 0 fully saturated rings. The van der Waals surface area contributed by atoms with E-state index in [0.29, 0.717) is 12.8 Å². The second kappa shape index (κ2) is 9.56. The van der Waals surface area contributed by atoms with Gasteiger partial charge in [-0.25, -0.2) is 0 Å². The van der Waals surface area contributed by atoms with Gasteiger partial charge in [0.2, 0.25) is 5.91 Å². The predicted molar refractivity (Wildman–Crippen MR) is 79.2 cm³/mol. The van der Waals surface area contributed by atoms with Crippen molar-refractivity contribution >= 4 is 11.6 Å². The summed E-state index contributed by atoms with van der Waals surface area (Å²) in [6.07, 6.45) is 7.07. The zero-order valence-electron chi connectivity index (χ0n) is 11.8. The molecule has 0 heterocycles. The van der Waals surface area contributed by atoms with E-state index >= 15 is 0 Å². The summed E-state index contributed by atoms with van der Waals surface area (Å²) in [7, 11) is 0. The van der Waals surface area contributed by atoms with Crippen LogP contribution in [-0.2, 0) is 11.2 Å². The van der Waals surface area contributed by atoms with Gasteiger partial charge in [-0.05, 0) is 30.5 Å². The molecule has 0 aliphatic rings. The van der Waals surface area contributed by atoms with Crippen LogP contribution in [0, 0.1) is 0 Å². The monoisotopic (exact) mass is 263 g/mol. The van der Waals surface area contributed by atoms with E-state index in [1.54, 1.807) is 0 Å². The first-order valence-corrected chi connectivity index (χ1v) is 7.26. The molecule has 106 valence electrons. The molecule has 0 aromatic heterocycles. The Balaban J connectivity index is 2.24. The van der Waals surface area contributed by atoms with Crippen LogP contribution in [0.2, 0.25) is 0 Å². The lowest BCUT2D eigenvalue weighted by Gasteiger charge is -2.06. The first-order chi connectivity index (χ1) is 9.26. The molecule has 19 heavy (non-hydrogen) atoms. The molecule has 0 spiro atoms. The molecule has 0 aliphatic carbocycles. The number of anilines is 1. The van der Waals surface area contributed by atoms with Crippen molar-refractivity contribution in [2.24, 2.45) is 0 Å². The molecule has 0 aliphatic heterocycles. The van der Waals surface area contributed by atoms with Crippen molar-refractivity contribution in [1.29, 1.82) is 0 Å². The predicted octanol–water partition coefficient (Wildman–Crippen LogP) is 3.52. The fourth-order valence-electron chi connectivity index (χ4n) is 2.00. The maximum absolute atomic E-state index is 11.7. The maximum Gasteiger partial charge on any atom is 0.224 e. The van der Waals surface area contributed by atoms with Gasteiger partial charge in [0.05, 0.1) is 0 Å². The summed E-state index contributed by atoms with van der Waals surface area (Å²) in [6.45, 7) is 2.34. The molecule has 0 radical (unpaired) electrons. The average Bonchev–Trinajstić information content (AvgIpc) is 2.41. The highest BCUT2D eigenvalue weighted by molar-refractivity contribution is 5.90. The van der Waals surface area contributed by atoms with Crippen LogP contribution < -0.4 is 5.32 Å². The zero-order chi connectivity index (χ0) is 13.9. The molecule has 0 unspecified atom stereocenters. The Hall–Kier alpha value is -1.35. The van der Waals surface area contributed by atoms with Crippen molar-refractivity contribution in [1.82, 2.24) is 0 Å². The van der Waals surface area contributed by atoms with Crippen molar-refractivity contribution in [2.45, 2.75) is 51.9 Å². The summed E-state index contributed by atoms with van der Waals surface area (Å²) in [5.74, 6) is 0.0893. The number of hydrogen-bond acceptors (Lipinski definition) is 2. The van der Waals surface area contributed by atoms with Gasteiger partial charge in [0.25, 0.3) is 0 Å². The number of carbonyl (C=O) groups excluding carboxylic acids is 1. The Bertz CT molecular complexity index is 360. The number of nitrogens with one attached hydrogen (secondary N) is 1. The number of unbranched alkanes of at least 4 members (excludes halogenated alkanes) is 4. The number of hydrogen-bond donors (Lipinski definition) is 2. The lowest BCUT2D eigenvalue weighted by atomic mass is 10.1. The number of aliphatic hydroxyl groups is 1. The Morgan fingerprint density at radius 2 is 1.79 bits per heavy atom. The van der Waals surface area contributed by atoms with Crippen LogP contribution >= 0.6 is 0 Å². The first-order valence-electron chi connectivity index (χ1n) is 7.26. The highest BCUT2D eigenvalue weighted by atomic mass is 16.2. The van der Waals surface area contributed by atoms with E-state index in [4.69, 9.17) is 5.11 Å². The SMILES string of the molecule is CCCCCCCC(=O)Nc1ccc(CCO)cc1. The molecule has 0 saturated heterocycles. The lowest BCUT2D eigenvalue weighted by molar-refractivity contribution is -0.116. The molecule has 0 atom stereocenters. The number of carbonyl (C=O) groups is 1. The molecule has 1 amide bonds. The van der Waals surface area contributed by atoms with Gasteiger partial charge < -0.3 is 10.4 Å². The summed E-state index contributed by atoms with van der Waals surface area (Å²) in [4.78, 5) is 11.7. The smallest absolute Gasteiger partial charge is 0.224 e. The average molecular weight is 263 g/mol. The highest BCUT2D eigenvalue weighted by Crippen LogP contribution is 2.11. The van der Waals surface area contributed by atoms with Crippen molar-refractivity contribution in [3.63, 3.8) is 0 Å². The van der Waals surface area contributed by atoms with Gasteiger partial charge in [-0.15, -0.1) is 0 Å². The molecule has 3 nitrogen and oxygen atoms in total. The van der Waals surface area contributed by atoms with Crippen LogP contribution in [0.1, 0.15) is 51.0 Å².